The molecular formula is C20H24F2N2O2. The molecule has 3 rings (SSSR count). The van der Waals surface area contributed by atoms with Crippen molar-refractivity contribution >= 4 is 0 Å². The van der Waals surface area contributed by atoms with Crippen LogP contribution in [0.15, 0.2) is 42.5 Å². The van der Waals surface area contributed by atoms with Gasteiger partial charge in [-0.05, 0) is 41.8 Å². The van der Waals surface area contributed by atoms with Gasteiger partial charge < -0.3 is 10.2 Å². The van der Waals surface area contributed by atoms with Crippen molar-refractivity contribution in [3.8, 4) is 5.75 Å². The molecule has 26 heavy (non-hydrogen) atoms. The largest absolute Gasteiger partial charge is 0.508 e. The highest BCUT2D eigenvalue weighted by Crippen LogP contribution is 2.20. The standard InChI is InChI=1S/C20H24F2N2O2/c21-19-6-3-16(11-20(19)22)13-24-9-8-23(14-17(24)7-10-25)12-15-1-4-18(26)5-2-15/h1-6,11,17,25-26H,7-10,12-14H2/t17-/m1/s1. The van der Waals surface area contributed by atoms with Crippen molar-refractivity contribution in [3.05, 3.63) is 65.2 Å². The number of rotatable bonds is 6. The predicted octanol–water partition coefficient (Wildman–Crippen LogP) is 2.74. The summed E-state index contributed by atoms with van der Waals surface area (Å²) in [5.74, 6) is -1.41. The van der Waals surface area contributed by atoms with Gasteiger partial charge in [0.2, 0.25) is 0 Å². The van der Waals surface area contributed by atoms with Crippen molar-refractivity contribution in [2.45, 2.75) is 25.6 Å². The molecule has 1 aliphatic rings. The first-order chi connectivity index (χ1) is 12.5. The fourth-order valence-corrected chi connectivity index (χ4v) is 3.46. The van der Waals surface area contributed by atoms with E-state index in [-0.39, 0.29) is 18.4 Å². The lowest BCUT2D eigenvalue weighted by Gasteiger charge is -2.41. The zero-order chi connectivity index (χ0) is 18.5. The Bertz CT molecular complexity index is 724. The maximum absolute atomic E-state index is 13.5. The second kappa shape index (κ2) is 8.58. The predicted molar refractivity (Wildman–Crippen MR) is 95.6 cm³/mol. The molecule has 2 N–H and O–H groups in total. The molecule has 0 aromatic heterocycles. The summed E-state index contributed by atoms with van der Waals surface area (Å²) in [6.45, 7) is 3.85. The molecule has 0 saturated carbocycles. The van der Waals surface area contributed by atoms with Gasteiger partial charge in [0.25, 0.3) is 0 Å². The van der Waals surface area contributed by atoms with Gasteiger partial charge >= 0.3 is 0 Å². The molecule has 140 valence electrons. The molecule has 0 spiro atoms. The quantitative estimate of drug-likeness (QED) is 0.830. The van der Waals surface area contributed by atoms with E-state index >= 15 is 0 Å². The summed E-state index contributed by atoms with van der Waals surface area (Å²) in [4.78, 5) is 4.53. The van der Waals surface area contributed by atoms with Crippen LogP contribution in [0, 0.1) is 11.6 Å². The molecule has 1 fully saturated rings. The molecule has 0 aliphatic carbocycles. The minimum Gasteiger partial charge on any atom is -0.508 e. The average molecular weight is 362 g/mol. The summed E-state index contributed by atoms with van der Waals surface area (Å²) >= 11 is 0. The number of halogens is 2. The molecule has 0 unspecified atom stereocenters. The van der Waals surface area contributed by atoms with Gasteiger partial charge in [0.15, 0.2) is 11.6 Å². The van der Waals surface area contributed by atoms with Gasteiger partial charge in [0, 0.05) is 45.4 Å². The maximum Gasteiger partial charge on any atom is 0.159 e. The van der Waals surface area contributed by atoms with E-state index in [0.29, 0.717) is 13.0 Å². The van der Waals surface area contributed by atoms with E-state index in [9.17, 15) is 19.0 Å². The van der Waals surface area contributed by atoms with Gasteiger partial charge in [-0.25, -0.2) is 8.78 Å². The van der Waals surface area contributed by atoms with Crippen LogP contribution in [0.2, 0.25) is 0 Å². The van der Waals surface area contributed by atoms with E-state index in [0.717, 1.165) is 43.4 Å². The molecule has 1 heterocycles. The Labute approximate surface area is 152 Å². The Morgan fingerprint density at radius 1 is 0.923 bits per heavy atom. The van der Waals surface area contributed by atoms with Crippen LogP contribution in [-0.2, 0) is 13.1 Å². The molecule has 0 bridgehead atoms. The van der Waals surface area contributed by atoms with Crippen LogP contribution < -0.4 is 0 Å². The maximum atomic E-state index is 13.5. The summed E-state index contributed by atoms with van der Waals surface area (Å²) in [5, 5.41) is 18.8. The Morgan fingerprint density at radius 2 is 1.65 bits per heavy atom. The SMILES string of the molecule is OCC[C@@H]1CN(Cc2ccc(O)cc2)CCN1Cc1ccc(F)c(F)c1. The fraction of sp³-hybridized carbons (Fsp3) is 0.400. The van der Waals surface area contributed by atoms with Crippen molar-refractivity contribution in [3.63, 3.8) is 0 Å². The number of phenols is 1. The Kier molecular flexibility index (Phi) is 6.19. The first-order valence-electron chi connectivity index (χ1n) is 8.84. The summed E-state index contributed by atoms with van der Waals surface area (Å²) in [6, 6.07) is 11.3. The summed E-state index contributed by atoms with van der Waals surface area (Å²) < 4.78 is 26.6. The minimum absolute atomic E-state index is 0.0893. The van der Waals surface area contributed by atoms with Crippen molar-refractivity contribution in [1.82, 2.24) is 9.80 Å². The van der Waals surface area contributed by atoms with E-state index in [1.54, 1.807) is 18.2 Å². The van der Waals surface area contributed by atoms with Crippen LogP contribution >= 0.6 is 0 Å². The van der Waals surface area contributed by atoms with Crippen LogP contribution in [-0.4, -0.2) is 52.3 Å². The smallest absolute Gasteiger partial charge is 0.159 e. The van der Waals surface area contributed by atoms with Gasteiger partial charge in [-0.15, -0.1) is 0 Å². The second-order valence-corrected chi connectivity index (χ2v) is 6.79. The molecule has 4 nitrogen and oxygen atoms in total. The molecule has 6 heteroatoms. The number of nitrogens with zero attached hydrogens (tertiary/aromatic N) is 2. The van der Waals surface area contributed by atoms with Crippen LogP contribution in [0.5, 0.6) is 5.75 Å². The normalized spacial score (nSPS) is 19.0. The summed E-state index contributed by atoms with van der Waals surface area (Å²) in [5.41, 5.74) is 1.86. The third-order valence-corrected chi connectivity index (χ3v) is 4.86. The highest BCUT2D eigenvalue weighted by Gasteiger charge is 2.26. The minimum atomic E-state index is -0.834. The third-order valence-electron chi connectivity index (χ3n) is 4.86. The zero-order valence-electron chi connectivity index (χ0n) is 14.6. The molecule has 1 saturated heterocycles. The van der Waals surface area contributed by atoms with Crippen molar-refractivity contribution < 1.29 is 19.0 Å². The van der Waals surface area contributed by atoms with Gasteiger partial charge in [0.1, 0.15) is 5.75 Å². The van der Waals surface area contributed by atoms with Crippen molar-refractivity contribution in [2.24, 2.45) is 0 Å². The molecule has 0 amide bonds. The lowest BCUT2D eigenvalue weighted by Crippen LogP contribution is -2.52. The third kappa shape index (κ3) is 4.78. The lowest BCUT2D eigenvalue weighted by molar-refractivity contribution is 0.0499. The van der Waals surface area contributed by atoms with Gasteiger partial charge in [-0.2, -0.15) is 0 Å². The topological polar surface area (TPSA) is 46.9 Å². The number of benzene rings is 2. The first-order valence-corrected chi connectivity index (χ1v) is 8.84. The Morgan fingerprint density at radius 3 is 2.35 bits per heavy atom. The molecule has 2 aromatic rings. The molecule has 0 radical (unpaired) electrons. The second-order valence-electron chi connectivity index (χ2n) is 6.79. The molecular weight excluding hydrogens is 338 g/mol. The molecule has 1 aliphatic heterocycles. The van der Waals surface area contributed by atoms with Crippen LogP contribution in [0.1, 0.15) is 17.5 Å². The van der Waals surface area contributed by atoms with Gasteiger partial charge in [-0.3, -0.25) is 9.80 Å². The lowest BCUT2D eigenvalue weighted by atomic mass is 10.1. The van der Waals surface area contributed by atoms with Crippen molar-refractivity contribution in [2.75, 3.05) is 26.2 Å². The number of hydrogen-bond donors (Lipinski definition) is 2. The number of piperazine rings is 1. The Balaban J connectivity index is 1.63. The number of aliphatic hydroxyl groups excluding tert-OH is 1. The van der Waals surface area contributed by atoms with Gasteiger partial charge in [0.05, 0.1) is 0 Å². The summed E-state index contributed by atoms with van der Waals surface area (Å²) in [6.07, 6.45) is 0.635. The van der Waals surface area contributed by atoms with E-state index in [1.807, 2.05) is 12.1 Å². The van der Waals surface area contributed by atoms with Crippen molar-refractivity contribution in [1.29, 1.82) is 0 Å². The highest BCUT2D eigenvalue weighted by atomic mass is 19.2. The monoisotopic (exact) mass is 362 g/mol. The van der Waals surface area contributed by atoms with Crippen LogP contribution in [0.4, 0.5) is 8.78 Å². The van der Waals surface area contributed by atoms with Gasteiger partial charge in [-0.1, -0.05) is 18.2 Å². The average Bonchev–Trinajstić information content (AvgIpc) is 2.62. The van der Waals surface area contributed by atoms with E-state index in [2.05, 4.69) is 9.80 Å². The number of phenolic OH excluding ortho intramolecular Hbond substituents is 1. The van der Waals surface area contributed by atoms with Crippen LogP contribution in [0.25, 0.3) is 0 Å². The number of aliphatic hydroxyl groups is 1. The number of aromatic hydroxyl groups is 1. The fourth-order valence-electron chi connectivity index (χ4n) is 3.46. The van der Waals surface area contributed by atoms with E-state index in [4.69, 9.17) is 0 Å². The highest BCUT2D eigenvalue weighted by molar-refractivity contribution is 5.26. The first kappa shape index (κ1) is 18.8. The Hall–Kier alpha value is -2.02. The summed E-state index contributed by atoms with van der Waals surface area (Å²) in [7, 11) is 0. The number of hydrogen-bond acceptors (Lipinski definition) is 4. The van der Waals surface area contributed by atoms with Crippen LogP contribution in [0.3, 0.4) is 0 Å². The molecule has 2 aromatic carbocycles. The van der Waals surface area contributed by atoms with E-state index in [1.165, 1.54) is 6.07 Å². The zero-order valence-corrected chi connectivity index (χ0v) is 14.6. The molecule has 1 atom stereocenters. The van der Waals surface area contributed by atoms with E-state index < -0.39 is 11.6 Å².